The minimum Gasteiger partial charge on any atom is -0.377 e. The lowest BCUT2D eigenvalue weighted by atomic mass is 10.1. The van der Waals surface area contributed by atoms with Gasteiger partial charge in [0.15, 0.2) is 0 Å². The second kappa shape index (κ2) is 6.36. The molecular formula is C15H18N2O2S2. The van der Waals surface area contributed by atoms with Gasteiger partial charge in [0.2, 0.25) is 0 Å². The highest BCUT2D eigenvalue weighted by atomic mass is 32.2. The summed E-state index contributed by atoms with van der Waals surface area (Å²) in [4.78, 5) is 12.7. The minimum absolute atomic E-state index is 0.206. The zero-order valence-electron chi connectivity index (χ0n) is 11.8. The van der Waals surface area contributed by atoms with Crippen molar-refractivity contribution in [1.29, 1.82) is 0 Å². The number of benzene rings is 1. The summed E-state index contributed by atoms with van der Waals surface area (Å²) >= 11 is 3.37. The van der Waals surface area contributed by atoms with E-state index in [1.807, 2.05) is 30.0 Å². The Balaban J connectivity index is 1.89. The molecule has 0 radical (unpaired) electrons. The van der Waals surface area contributed by atoms with Gasteiger partial charge in [0.25, 0.3) is 5.91 Å². The van der Waals surface area contributed by atoms with Gasteiger partial charge in [-0.2, -0.15) is 11.8 Å². The highest BCUT2D eigenvalue weighted by Crippen LogP contribution is 2.36. The Labute approximate surface area is 132 Å². The van der Waals surface area contributed by atoms with Crippen LogP contribution in [0.4, 0.5) is 0 Å². The number of rotatable bonds is 4. The summed E-state index contributed by atoms with van der Waals surface area (Å²) in [5.74, 6) is 5.92. The van der Waals surface area contributed by atoms with E-state index in [0.29, 0.717) is 5.25 Å². The molecule has 1 aromatic heterocycles. The van der Waals surface area contributed by atoms with Crippen LogP contribution in [0.3, 0.4) is 0 Å². The van der Waals surface area contributed by atoms with E-state index in [2.05, 4.69) is 18.4 Å². The van der Waals surface area contributed by atoms with E-state index in [0.717, 1.165) is 39.3 Å². The molecule has 1 aliphatic rings. The Bertz CT molecular complexity index is 656. The van der Waals surface area contributed by atoms with Crippen LogP contribution in [0.1, 0.15) is 28.6 Å². The Morgan fingerprint density at radius 1 is 1.52 bits per heavy atom. The fraction of sp³-hybridized carbons (Fsp3) is 0.400. The summed E-state index contributed by atoms with van der Waals surface area (Å²) < 4.78 is 6.73. The Morgan fingerprint density at radius 2 is 2.33 bits per heavy atom. The predicted octanol–water partition coefficient (Wildman–Crippen LogP) is 2.92. The van der Waals surface area contributed by atoms with Gasteiger partial charge in [-0.15, -0.1) is 11.3 Å². The van der Waals surface area contributed by atoms with Gasteiger partial charge in [0, 0.05) is 22.3 Å². The lowest BCUT2D eigenvalue weighted by Gasteiger charge is -2.13. The third kappa shape index (κ3) is 2.94. The number of hydrogen-bond acceptors (Lipinski definition) is 5. The van der Waals surface area contributed by atoms with E-state index in [1.54, 1.807) is 0 Å². The Morgan fingerprint density at radius 3 is 3.05 bits per heavy atom. The molecule has 2 atom stereocenters. The maximum Gasteiger partial charge on any atom is 0.275 e. The molecule has 112 valence electrons. The van der Waals surface area contributed by atoms with Crippen molar-refractivity contribution in [2.24, 2.45) is 5.84 Å². The fourth-order valence-electron chi connectivity index (χ4n) is 2.61. The van der Waals surface area contributed by atoms with Crippen molar-refractivity contribution >= 4 is 39.1 Å². The van der Waals surface area contributed by atoms with Gasteiger partial charge in [-0.05, 0) is 30.4 Å². The average Bonchev–Trinajstić information content (AvgIpc) is 3.08. The maximum atomic E-state index is 12.0. The van der Waals surface area contributed by atoms with E-state index in [9.17, 15) is 4.79 Å². The normalized spacial score (nSPS) is 21.8. The number of amides is 1. The van der Waals surface area contributed by atoms with Crippen molar-refractivity contribution in [2.75, 3.05) is 6.61 Å². The van der Waals surface area contributed by atoms with Crippen LogP contribution >= 0.6 is 23.1 Å². The quantitative estimate of drug-likeness (QED) is 0.516. The molecule has 0 spiro atoms. The van der Waals surface area contributed by atoms with Crippen LogP contribution in [0.25, 0.3) is 10.1 Å². The molecule has 1 fully saturated rings. The van der Waals surface area contributed by atoms with Gasteiger partial charge in [-0.3, -0.25) is 10.2 Å². The molecule has 1 aliphatic heterocycles. The summed E-state index contributed by atoms with van der Waals surface area (Å²) in [6, 6.07) is 8.12. The number of hydrazine groups is 1. The first-order chi connectivity index (χ1) is 10.2. The maximum absolute atomic E-state index is 12.0. The molecule has 0 saturated carbocycles. The van der Waals surface area contributed by atoms with E-state index in [1.165, 1.54) is 11.3 Å². The number of nitrogens with one attached hydrogen (secondary N) is 1. The predicted molar refractivity (Wildman–Crippen MR) is 88.6 cm³/mol. The number of fused-ring (bicyclic) bond motifs is 1. The molecule has 2 heterocycles. The standard InChI is InChI=1S/C15H18N2O2S2/c1-9-12(6-7-19-9)20-8-11-10-4-2-3-5-13(10)21-14(11)15(18)17-16/h2-5,9,12H,6-8,16H2,1H3,(H,17,18). The van der Waals surface area contributed by atoms with Crippen molar-refractivity contribution in [3.05, 3.63) is 34.7 Å². The molecule has 2 aromatic rings. The smallest absolute Gasteiger partial charge is 0.275 e. The Hall–Kier alpha value is -1.08. The number of carbonyl (C=O) groups is 1. The van der Waals surface area contributed by atoms with Crippen molar-refractivity contribution < 1.29 is 9.53 Å². The average molecular weight is 322 g/mol. The SMILES string of the molecule is CC1OCCC1SCc1c(C(=O)NN)sc2ccccc12. The van der Waals surface area contributed by atoms with E-state index in [-0.39, 0.29) is 12.0 Å². The number of nitrogen functional groups attached to an aromatic ring is 1. The van der Waals surface area contributed by atoms with Gasteiger partial charge in [-0.25, -0.2) is 5.84 Å². The summed E-state index contributed by atoms with van der Waals surface area (Å²) in [7, 11) is 0. The first kappa shape index (κ1) is 14.8. The van der Waals surface area contributed by atoms with E-state index >= 15 is 0 Å². The molecule has 21 heavy (non-hydrogen) atoms. The highest BCUT2D eigenvalue weighted by molar-refractivity contribution is 7.99. The first-order valence-electron chi connectivity index (χ1n) is 6.95. The molecule has 0 bridgehead atoms. The largest absolute Gasteiger partial charge is 0.377 e. The Kier molecular flexibility index (Phi) is 4.49. The molecule has 3 N–H and O–H groups in total. The number of thioether (sulfide) groups is 1. The number of ether oxygens (including phenoxy) is 1. The molecule has 0 aliphatic carbocycles. The molecule has 6 heteroatoms. The lowest BCUT2D eigenvalue weighted by Crippen LogP contribution is -2.30. The van der Waals surface area contributed by atoms with E-state index in [4.69, 9.17) is 10.6 Å². The number of thiophene rings is 1. The second-order valence-electron chi connectivity index (χ2n) is 5.09. The van der Waals surface area contributed by atoms with Crippen molar-refractivity contribution in [1.82, 2.24) is 5.43 Å². The highest BCUT2D eigenvalue weighted by Gasteiger charge is 2.26. The first-order valence-corrected chi connectivity index (χ1v) is 8.81. The number of carbonyl (C=O) groups excluding carboxylic acids is 1. The molecule has 1 saturated heterocycles. The molecule has 3 rings (SSSR count). The van der Waals surface area contributed by atoms with Gasteiger partial charge in [0.1, 0.15) is 0 Å². The van der Waals surface area contributed by atoms with Crippen LogP contribution in [-0.4, -0.2) is 23.9 Å². The van der Waals surface area contributed by atoms with Crippen molar-refractivity contribution in [3.8, 4) is 0 Å². The van der Waals surface area contributed by atoms with Crippen LogP contribution < -0.4 is 11.3 Å². The lowest BCUT2D eigenvalue weighted by molar-refractivity contribution is 0.0957. The fourth-order valence-corrected chi connectivity index (χ4v) is 5.12. The van der Waals surface area contributed by atoms with Gasteiger partial charge >= 0.3 is 0 Å². The minimum atomic E-state index is -0.206. The molecule has 1 amide bonds. The van der Waals surface area contributed by atoms with Gasteiger partial charge < -0.3 is 4.74 Å². The third-order valence-corrected chi connectivity index (χ3v) is 6.50. The second-order valence-corrected chi connectivity index (χ2v) is 7.37. The summed E-state index contributed by atoms with van der Waals surface area (Å²) in [5.41, 5.74) is 3.34. The molecule has 2 unspecified atom stereocenters. The van der Waals surface area contributed by atoms with Crippen LogP contribution in [-0.2, 0) is 10.5 Å². The van der Waals surface area contributed by atoms with Crippen molar-refractivity contribution in [3.63, 3.8) is 0 Å². The number of hydrogen-bond donors (Lipinski definition) is 2. The van der Waals surface area contributed by atoms with Crippen molar-refractivity contribution in [2.45, 2.75) is 30.5 Å². The third-order valence-electron chi connectivity index (χ3n) is 3.78. The van der Waals surface area contributed by atoms with Gasteiger partial charge in [-0.1, -0.05) is 18.2 Å². The zero-order valence-corrected chi connectivity index (χ0v) is 13.4. The van der Waals surface area contributed by atoms with Gasteiger partial charge in [0.05, 0.1) is 11.0 Å². The zero-order chi connectivity index (χ0) is 14.8. The molecule has 1 aromatic carbocycles. The van der Waals surface area contributed by atoms with E-state index < -0.39 is 0 Å². The molecule has 4 nitrogen and oxygen atoms in total. The van der Waals surface area contributed by atoms with Crippen LogP contribution in [0.5, 0.6) is 0 Å². The monoisotopic (exact) mass is 322 g/mol. The van der Waals surface area contributed by atoms with Crippen LogP contribution in [0, 0.1) is 0 Å². The number of nitrogens with two attached hydrogens (primary N) is 1. The molecular weight excluding hydrogens is 304 g/mol. The van der Waals surface area contributed by atoms with Crippen LogP contribution in [0.15, 0.2) is 24.3 Å². The summed E-state index contributed by atoms with van der Waals surface area (Å²) in [6.45, 7) is 2.95. The summed E-state index contributed by atoms with van der Waals surface area (Å²) in [5, 5.41) is 1.65. The van der Waals surface area contributed by atoms with Crippen LogP contribution in [0.2, 0.25) is 0 Å². The topological polar surface area (TPSA) is 64.3 Å². The summed E-state index contributed by atoms with van der Waals surface area (Å²) in [6.07, 6.45) is 1.36.